The Balaban J connectivity index is 1.47. The van der Waals surface area contributed by atoms with E-state index in [1.165, 1.54) is 24.6 Å². The average Bonchev–Trinajstić information content (AvgIpc) is 3.47. The summed E-state index contributed by atoms with van der Waals surface area (Å²) in [4.78, 5) is 16.9. The van der Waals surface area contributed by atoms with Crippen molar-refractivity contribution in [2.45, 2.75) is 18.0 Å². The van der Waals surface area contributed by atoms with Crippen LogP contribution >= 0.6 is 11.8 Å². The van der Waals surface area contributed by atoms with Crippen molar-refractivity contribution in [3.63, 3.8) is 0 Å². The molecule has 0 unspecified atom stereocenters. The van der Waals surface area contributed by atoms with Gasteiger partial charge in [-0.25, -0.2) is 0 Å². The van der Waals surface area contributed by atoms with Crippen LogP contribution in [0.3, 0.4) is 0 Å². The van der Waals surface area contributed by atoms with Gasteiger partial charge in [0.1, 0.15) is 0 Å². The van der Waals surface area contributed by atoms with E-state index in [1.54, 1.807) is 0 Å². The van der Waals surface area contributed by atoms with E-state index in [1.807, 2.05) is 77.2 Å². The zero-order valence-corrected chi connectivity index (χ0v) is 18.1. The summed E-state index contributed by atoms with van der Waals surface area (Å²) in [6.45, 7) is 4.02. The van der Waals surface area contributed by atoms with Gasteiger partial charge in [-0.05, 0) is 38.1 Å². The number of likely N-dealkylation sites (tertiary alicyclic amines) is 1. The molecule has 2 heterocycles. The number of rotatable bonds is 8. The molecule has 7 heteroatoms. The van der Waals surface area contributed by atoms with Crippen LogP contribution in [0.15, 0.2) is 65.8 Å². The van der Waals surface area contributed by atoms with Crippen molar-refractivity contribution >= 4 is 17.7 Å². The second kappa shape index (κ2) is 9.91. The van der Waals surface area contributed by atoms with Crippen LogP contribution in [0.2, 0.25) is 0 Å². The molecular formula is C23H27N5OS. The van der Waals surface area contributed by atoms with Crippen molar-refractivity contribution in [2.75, 3.05) is 39.0 Å². The average molecular weight is 422 g/mol. The number of carbonyl (C=O) groups excluding carboxylic acids is 1. The van der Waals surface area contributed by atoms with Crippen LogP contribution in [0.5, 0.6) is 0 Å². The van der Waals surface area contributed by atoms with Crippen LogP contribution in [-0.4, -0.2) is 69.5 Å². The number of amides is 1. The number of benzene rings is 2. The van der Waals surface area contributed by atoms with Crippen molar-refractivity contribution < 1.29 is 4.79 Å². The van der Waals surface area contributed by atoms with Gasteiger partial charge in [0.2, 0.25) is 5.91 Å². The van der Waals surface area contributed by atoms with Gasteiger partial charge in [0.15, 0.2) is 11.0 Å². The summed E-state index contributed by atoms with van der Waals surface area (Å²) in [6.07, 6.45) is 2.54. The molecule has 156 valence electrons. The molecule has 6 nitrogen and oxygen atoms in total. The molecule has 0 spiro atoms. The largest absolute Gasteiger partial charge is 0.344 e. The van der Waals surface area contributed by atoms with Crippen LogP contribution in [0.1, 0.15) is 12.8 Å². The van der Waals surface area contributed by atoms with Gasteiger partial charge < -0.3 is 9.80 Å². The molecule has 1 aliphatic rings. The lowest BCUT2D eigenvalue weighted by Gasteiger charge is -2.21. The lowest BCUT2D eigenvalue weighted by atomic mass is 10.2. The molecule has 1 fully saturated rings. The zero-order chi connectivity index (χ0) is 20.8. The first kappa shape index (κ1) is 20.6. The lowest BCUT2D eigenvalue weighted by molar-refractivity contribution is -0.127. The molecule has 0 aliphatic carbocycles. The van der Waals surface area contributed by atoms with Gasteiger partial charge in [0.05, 0.1) is 5.75 Å². The molecule has 3 aromatic rings. The Morgan fingerprint density at radius 1 is 1.00 bits per heavy atom. The monoisotopic (exact) mass is 421 g/mol. The number of hydrogen-bond acceptors (Lipinski definition) is 5. The summed E-state index contributed by atoms with van der Waals surface area (Å²) in [5.41, 5.74) is 1.98. The first-order valence-electron chi connectivity index (χ1n) is 10.4. The predicted octanol–water partition coefficient (Wildman–Crippen LogP) is 3.58. The van der Waals surface area contributed by atoms with Gasteiger partial charge in [0.25, 0.3) is 0 Å². The highest BCUT2D eigenvalue weighted by Crippen LogP contribution is 2.27. The Hall–Kier alpha value is -2.64. The molecule has 1 aliphatic heterocycles. The molecule has 0 N–H and O–H groups in total. The Morgan fingerprint density at radius 3 is 2.37 bits per heavy atom. The highest BCUT2D eigenvalue weighted by molar-refractivity contribution is 7.99. The molecule has 2 aromatic carbocycles. The quantitative estimate of drug-likeness (QED) is 0.521. The third kappa shape index (κ3) is 4.91. The fourth-order valence-electron chi connectivity index (χ4n) is 3.61. The minimum atomic E-state index is 0.114. The van der Waals surface area contributed by atoms with E-state index in [2.05, 4.69) is 15.1 Å². The maximum Gasteiger partial charge on any atom is 0.232 e. The van der Waals surface area contributed by atoms with Crippen LogP contribution < -0.4 is 0 Å². The van der Waals surface area contributed by atoms with Crippen LogP contribution in [-0.2, 0) is 4.79 Å². The van der Waals surface area contributed by atoms with Gasteiger partial charge in [-0.1, -0.05) is 60.3 Å². The Kier molecular flexibility index (Phi) is 6.81. The van der Waals surface area contributed by atoms with E-state index in [-0.39, 0.29) is 5.91 Å². The molecule has 0 radical (unpaired) electrons. The zero-order valence-electron chi connectivity index (χ0n) is 17.3. The molecule has 0 bridgehead atoms. The van der Waals surface area contributed by atoms with Gasteiger partial charge in [-0.2, -0.15) is 0 Å². The molecule has 4 rings (SSSR count). The van der Waals surface area contributed by atoms with Crippen molar-refractivity contribution in [3.05, 3.63) is 60.7 Å². The van der Waals surface area contributed by atoms with E-state index in [9.17, 15) is 4.79 Å². The molecule has 1 amide bonds. The van der Waals surface area contributed by atoms with Gasteiger partial charge in [-0.15, -0.1) is 10.2 Å². The standard InChI is InChI=1S/C23H27N5OS/c1-26(16-17-27-14-8-9-15-27)21(29)18-30-23-25-24-22(19-10-4-2-5-11-19)28(23)20-12-6-3-7-13-20/h2-7,10-13H,8-9,14-18H2,1H3. The second-order valence-electron chi connectivity index (χ2n) is 7.50. The third-order valence-electron chi connectivity index (χ3n) is 5.38. The summed E-state index contributed by atoms with van der Waals surface area (Å²) in [5, 5.41) is 9.56. The number of thioether (sulfide) groups is 1. The van der Waals surface area contributed by atoms with Gasteiger partial charge in [-0.3, -0.25) is 9.36 Å². The number of carbonyl (C=O) groups is 1. The molecule has 30 heavy (non-hydrogen) atoms. The van der Waals surface area contributed by atoms with Crippen LogP contribution in [0.4, 0.5) is 0 Å². The highest BCUT2D eigenvalue weighted by Gasteiger charge is 2.19. The maximum absolute atomic E-state index is 12.7. The molecular weight excluding hydrogens is 394 g/mol. The van der Waals surface area contributed by atoms with Crippen molar-refractivity contribution in [1.29, 1.82) is 0 Å². The van der Waals surface area contributed by atoms with E-state index in [0.29, 0.717) is 5.75 Å². The topological polar surface area (TPSA) is 54.3 Å². The van der Waals surface area contributed by atoms with Gasteiger partial charge >= 0.3 is 0 Å². The fraction of sp³-hybridized carbons (Fsp3) is 0.348. The smallest absolute Gasteiger partial charge is 0.232 e. The summed E-state index contributed by atoms with van der Waals surface area (Å²) < 4.78 is 2.03. The SMILES string of the molecule is CN(CCN1CCCC1)C(=O)CSc1nnc(-c2ccccc2)n1-c1ccccc1. The first-order valence-corrected chi connectivity index (χ1v) is 11.4. The maximum atomic E-state index is 12.7. The number of nitrogens with zero attached hydrogens (tertiary/aromatic N) is 5. The van der Waals surface area contributed by atoms with Crippen molar-refractivity contribution in [1.82, 2.24) is 24.6 Å². The van der Waals surface area contributed by atoms with E-state index in [0.717, 1.165) is 48.4 Å². The normalized spacial score (nSPS) is 14.2. The molecule has 1 aromatic heterocycles. The first-order chi connectivity index (χ1) is 14.7. The Labute approximate surface area is 181 Å². The van der Waals surface area contributed by atoms with E-state index >= 15 is 0 Å². The van der Waals surface area contributed by atoms with E-state index < -0.39 is 0 Å². The van der Waals surface area contributed by atoms with Crippen LogP contribution in [0, 0.1) is 0 Å². The summed E-state index contributed by atoms with van der Waals surface area (Å²) in [5.74, 6) is 1.23. The number of aromatic nitrogens is 3. The number of para-hydroxylation sites is 1. The molecule has 1 saturated heterocycles. The summed E-state index contributed by atoms with van der Waals surface area (Å²) in [7, 11) is 1.89. The van der Waals surface area contributed by atoms with Crippen molar-refractivity contribution in [3.8, 4) is 17.1 Å². The summed E-state index contributed by atoms with van der Waals surface area (Å²) in [6, 6.07) is 20.1. The third-order valence-corrected chi connectivity index (χ3v) is 6.29. The second-order valence-corrected chi connectivity index (χ2v) is 8.44. The number of hydrogen-bond donors (Lipinski definition) is 0. The minimum Gasteiger partial charge on any atom is -0.344 e. The van der Waals surface area contributed by atoms with Crippen LogP contribution in [0.25, 0.3) is 17.1 Å². The minimum absolute atomic E-state index is 0.114. The predicted molar refractivity (Wildman–Crippen MR) is 121 cm³/mol. The number of likely N-dealkylation sites (N-methyl/N-ethyl adjacent to an activating group) is 1. The lowest BCUT2D eigenvalue weighted by Crippen LogP contribution is -2.36. The Bertz CT molecular complexity index is 954. The highest BCUT2D eigenvalue weighted by atomic mass is 32.2. The van der Waals surface area contributed by atoms with Crippen molar-refractivity contribution in [2.24, 2.45) is 0 Å². The van der Waals surface area contributed by atoms with Gasteiger partial charge in [0, 0.05) is 31.4 Å². The van der Waals surface area contributed by atoms with E-state index in [4.69, 9.17) is 0 Å². The Morgan fingerprint density at radius 2 is 1.67 bits per heavy atom. The molecule has 0 saturated carbocycles. The fourth-order valence-corrected chi connectivity index (χ4v) is 4.50. The summed E-state index contributed by atoms with van der Waals surface area (Å²) >= 11 is 1.44. The molecule has 0 atom stereocenters.